The highest BCUT2D eigenvalue weighted by Crippen LogP contribution is 2.42. The van der Waals surface area contributed by atoms with Crippen molar-refractivity contribution in [2.45, 2.75) is 6.92 Å². The fourth-order valence-electron chi connectivity index (χ4n) is 7.87. The summed E-state index contributed by atoms with van der Waals surface area (Å²) in [5.41, 5.74) is 5.32. The van der Waals surface area contributed by atoms with Crippen LogP contribution in [0, 0.1) is 11.3 Å². The molecule has 0 fully saturated rings. The predicted octanol–water partition coefficient (Wildman–Crippen LogP) is 8.97. The molecule has 5 heteroatoms. The van der Waals surface area contributed by atoms with E-state index in [0.29, 0.717) is 5.56 Å². The summed E-state index contributed by atoms with van der Waals surface area (Å²) < 4.78 is 15.5. The van der Waals surface area contributed by atoms with Crippen molar-refractivity contribution < 1.29 is 9.15 Å². The maximum atomic E-state index is 9.60. The van der Waals surface area contributed by atoms with Gasteiger partial charge < -0.3 is 13.7 Å². The third kappa shape index (κ3) is 4.15. The Morgan fingerprint density at radius 2 is 1.39 bits per heavy atom. The number of aromatic nitrogens is 1. The minimum Gasteiger partial charge on any atom is -0.461 e. The van der Waals surface area contributed by atoms with Crippen LogP contribution in [0.3, 0.4) is 0 Å². The van der Waals surface area contributed by atoms with E-state index in [0.717, 1.165) is 60.9 Å². The van der Waals surface area contributed by atoms with Gasteiger partial charge in [-0.3, -0.25) is 0 Å². The van der Waals surface area contributed by atoms with Crippen molar-refractivity contribution in [3.8, 4) is 17.5 Å². The zero-order valence-corrected chi connectivity index (χ0v) is 27.9. The van der Waals surface area contributed by atoms with Gasteiger partial charge >= 0.3 is 0 Å². The minimum atomic E-state index is -2.85. The lowest BCUT2D eigenvalue weighted by atomic mass is 10.1. The number of benzene rings is 6. The molecule has 9 rings (SSSR count). The zero-order chi connectivity index (χ0) is 33.1. The standard InChI is InChI=1S/C44H30N2O2Si/c1-3-4-19-41-29(2)47-44-42(49(41,32-13-7-5-8-14-32)33-15-9-6-10-16-33)25-22-38-43(44)34-17-11-12-18-37(34)46(38)31-21-24-40-36(27-31)35-26-30(28-45)20-23-39(35)48-40/h3-27H,1H2,2H3/b19-4-. The molecule has 6 aromatic carbocycles. The van der Waals surface area contributed by atoms with E-state index in [2.05, 4.69) is 139 Å². The van der Waals surface area contributed by atoms with Gasteiger partial charge in [0.15, 0.2) is 8.07 Å². The molecule has 1 aliphatic heterocycles. The van der Waals surface area contributed by atoms with Crippen molar-refractivity contribution in [3.63, 3.8) is 0 Å². The molecule has 0 aliphatic carbocycles. The van der Waals surface area contributed by atoms with Crippen molar-refractivity contribution in [2.24, 2.45) is 0 Å². The minimum absolute atomic E-state index is 0.608. The molecule has 2 aromatic heterocycles. The maximum Gasteiger partial charge on any atom is 0.187 e. The molecular weight excluding hydrogens is 617 g/mol. The Morgan fingerprint density at radius 3 is 2.10 bits per heavy atom. The monoisotopic (exact) mass is 646 g/mol. The van der Waals surface area contributed by atoms with Crippen LogP contribution in [0.2, 0.25) is 0 Å². The average Bonchev–Trinajstić information content (AvgIpc) is 3.69. The number of furan rings is 1. The normalized spacial score (nSPS) is 14.0. The van der Waals surface area contributed by atoms with Gasteiger partial charge in [-0.2, -0.15) is 5.26 Å². The third-order valence-electron chi connectivity index (χ3n) is 9.89. The number of nitrogens with zero attached hydrogens (tertiary/aromatic N) is 2. The van der Waals surface area contributed by atoms with E-state index in [4.69, 9.17) is 9.15 Å². The lowest BCUT2D eigenvalue weighted by Crippen LogP contribution is -2.70. The number of hydrogen-bond acceptors (Lipinski definition) is 3. The first kappa shape index (κ1) is 28.8. The van der Waals surface area contributed by atoms with Gasteiger partial charge in [0.2, 0.25) is 0 Å². The second-order valence-electron chi connectivity index (χ2n) is 12.4. The fraction of sp³-hybridized carbons (Fsp3) is 0.0227. The van der Waals surface area contributed by atoms with Crippen molar-refractivity contribution >= 4 is 67.4 Å². The third-order valence-corrected chi connectivity index (χ3v) is 14.8. The summed E-state index contributed by atoms with van der Waals surface area (Å²) in [5.74, 6) is 1.81. The van der Waals surface area contributed by atoms with Gasteiger partial charge in [-0.1, -0.05) is 110 Å². The number of hydrogen-bond donors (Lipinski definition) is 0. The number of nitriles is 1. The van der Waals surface area contributed by atoms with Crippen LogP contribution in [-0.2, 0) is 0 Å². The van der Waals surface area contributed by atoms with Gasteiger partial charge in [0.05, 0.1) is 28.1 Å². The molecule has 0 bridgehead atoms. The van der Waals surface area contributed by atoms with Crippen LogP contribution in [0.1, 0.15) is 12.5 Å². The Hall–Kier alpha value is -6.35. The molecule has 0 amide bonds. The first-order chi connectivity index (χ1) is 24.1. The van der Waals surface area contributed by atoms with Gasteiger partial charge in [-0.15, -0.1) is 0 Å². The van der Waals surface area contributed by atoms with Crippen LogP contribution in [0.4, 0.5) is 0 Å². The summed E-state index contributed by atoms with van der Waals surface area (Å²) in [4.78, 5) is 0. The van der Waals surface area contributed by atoms with Crippen LogP contribution in [0.15, 0.2) is 174 Å². The Labute approximate surface area is 284 Å². The van der Waals surface area contributed by atoms with Crippen molar-refractivity contribution in [2.75, 3.05) is 0 Å². The topological polar surface area (TPSA) is 51.1 Å². The second kappa shape index (κ2) is 11.1. The lowest BCUT2D eigenvalue weighted by Gasteiger charge is -2.40. The molecule has 0 spiro atoms. The lowest BCUT2D eigenvalue weighted by molar-refractivity contribution is 0.431. The number of ether oxygens (including phenoxy) is 1. The molecule has 0 atom stereocenters. The molecule has 49 heavy (non-hydrogen) atoms. The van der Waals surface area contributed by atoms with E-state index in [1.807, 2.05) is 30.4 Å². The number of allylic oxidation sites excluding steroid dienone is 5. The Bertz CT molecular complexity index is 2690. The highest BCUT2D eigenvalue weighted by atomic mass is 28.3. The van der Waals surface area contributed by atoms with Gasteiger partial charge in [-0.05, 0) is 76.2 Å². The molecule has 232 valence electrons. The Balaban J connectivity index is 1.39. The number of rotatable bonds is 5. The summed E-state index contributed by atoms with van der Waals surface area (Å²) >= 11 is 0. The molecule has 3 heterocycles. The quantitative estimate of drug-likeness (QED) is 0.139. The van der Waals surface area contributed by atoms with Crippen LogP contribution < -0.4 is 20.3 Å². The highest BCUT2D eigenvalue weighted by molar-refractivity contribution is 7.17. The van der Waals surface area contributed by atoms with Crippen LogP contribution in [0.5, 0.6) is 5.75 Å². The van der Waals surface area contributed by atoms with Gasteiger partial charge in [0, 0.05) is 21.8 Å². The van der Waals surface area contributed by atoms with Gasteiger partial charge in [-0.25, -0.2) is 0 Å². The molecule has 8 aromatic rings. The second-order valence-corrected chi connectivity index (χ2v) is 16.2. The van der Waals surface area contributed by atoms with E-state index in [1.54, 1.807) is 6.07 Å². The number of fused-ring (bicyclic) bond motifs is 8. The number of para-hydroxylation sites is 1. The summed E-state index contributed by atoms with van der Waals surface area (Å²) in [5, 5.41) is 18.7. The fourth-order valence-corrected chi connectivity index (χ4v) is 12.9. The predicted molar refractivity (Wildman–Crippen MR) is 203 cm³/mol. The van der Waals surface area contributed by atoms with Crippen LogP contribution in [0.25, 0.3) is 49.4 Å². The maximum absolute atomic E-state index is 9.60. The summed E-state index contributed by atoms with van der Waals surface area (Å²) in [6.45, 7) is 6.10. The largest absolute Gasteiger partial charge is 0.461 e. The molecular formula is C44H30N2O2Si. The zero-order valence-electron chi connectivity index (χ0n) is 26.9. The highest BCUT2D eigenvalue weighted by Gasteiger charge is 2.48. The van der Waals surface area contributed by atoms with E-state index < -0.39 is 8.07 Å². The molecule has 0 saturated carbocycles. The van der Waals surface area contributed by atoms with E-state index >= 15 is 0 Å². The molecule has 0 N–H and O–H groups in total. The molecule has 0 radical (unpaired) electrons. The van der Waals surface area contributed by atoms with E-state index in [1.165, 1.54) is 20.8 Å². The SMILES string of the molecule is C=C/C=C\C1=C(C)Oc2c(ccc3c2c2ccccc2n3-c2ccc3oc4ccc(C#N)cc4c3c2)[Si]1(c1ccccc1)c1ccccc1. The Morgan fingerprint density at radius 1 is 0.714 bits per heavy atom. The van der Waals surface area contributed by atoms with E-state index in [-0.39, 0.29) is 0 Å². The van der Waals surface area contributed by atoms with Gasteiger partial charge in [0.1, 0.15) is 22.7 Å². The molecule has 4 nitrogen and oxygen atoms in total. The van der Waals surface area contributed by atoms with Crippen molar-refractivity contribution in [1.29, 1.82) is 5.26 Å². The van der Waals surface area contributed by atoms with Crippen molar-refractivity contribution in [1.82, 2.24) is 4.57 Å². The molecule has 0 saturated heterocycles. The first-order valence-electron chi connectivity index (χ1n) is 16.4. The van der Waals surface area contributed by atoms with Gasteiger partial charge in [0.25, 0.3) is 0 Å². The van der Waals surface area contributed by atoms with Crippen LogP contribution in [-0.4, -0.2) is 12.6 Å². The average molecular weight is 647 g/mol. The Kier molecular flexibility index (Phi) is 6.55. The molecule has 0 unspecified atom stereocenters. The molecule has 1 aliphatic rings. The van der Waals surface area contributed by atoms with Crippen LogP contribution >= 0.6 is 0 Å². The smallest absolute Gasteiger partial charge is 0.187 e. The summed E-state index contributed by atoms with van der Waals surface area (Å²) in [7, 11) is -2.85. The summed E-state index contributed by atoms with van der Waals surface area (Å²) in [6.07, 6.45) is 6.07. The summed E-state index contributed by atoms with van der Waals surface area (Å²) in [6, 6.07) is 49.2. The first-order valence-corrected chi connectivity index (χ1v) is 18.4. The van der Waals surface area contributed by atoms with Crippen molar-refractivity contribution in [3.05, 3.63) is 175 Å². The van der Waals surface area contributed by atoms with E-state index in [9.17, 15) is 5.26 Å².